The third-order valence-electron chi connectivity index (χ3n) is 6.17. The Morgan fingerprint density at radius 3 is 2.96 bits per heavy atom. The van der Waals surface area contributed by atoms with Gasteiger partial charge in [-0.25, -0.2) is 4.98 Å². The highest BCUT2D eigenvalue weighted by Gasteiger charge is 2.42. The summed E-state index contributed by atoms with van der Waals surface area (Å²) in [6, 6.07) is 8.50. The summed E-state index contributed by atoms with van der Waals surface area (Å²) in [4.78, 5) is 12.2. The van der Waals surface area contributed by atoms with E-state index >= 15 is 0 Å². The molecule has 0 aromatic carbocycles. The molecule has 0 radical (unpaired) electrons. The van der Waals surface area contributed by atoms with E-state index in [0.29, 0.717) is 0 Å². The molecular weight excluding hydrogens is 336 g/mol. The molecule has 4 aromatic rings. The lowest BCUT2D eigenvalue weighted by atomic mass is 9.82. The molecule has 0 bridgehead atoms. The molecule has 134 valence electrons. The molecule has 1 atom stereocenters. The number of hydrogen-bond acceptors (Lipinski definition) is 4. The molecule has 4 aromatic heterocycles. The van der Waals surface area contributed by atoms with Crippen LogP contribution in [-0.2, 0) is 12.0 Å². The Kier molecular flexibility index (Phi) is 3.08. The molecule has 6 heteroatoms. The number of rotatable bonds is 2. The zero-order chi connectivity index (χ0) is 17.8. The Bertz CT molecular complexity index is 1130. The monoisotopic (exact) mass is 356 g/mol. The van der Waals surface area contributed by atoms with Crippen LogP contribution in [0, 0.1) is 0 Å². The van der Waals surface area contributed by atoms with Crippen molar-refractivity contribution in [2.75, 3.05) is 13.1 Å². The van der Waals surface area contributed by atoms with Crippen molar-refractivity contribution in [2.24, 2.45) is 0 Å². The summed E-state index contributed by atoms with van der Waals surface area (Å²) >= 11 is 0. The molecule has 2 aliphatic heterocycles. The highest BCUT2D eigenvalue weighted by atomic mass is 15.3. The van der Waals surface area contributed by atoms with Crippen LogP contribution in [0.5, 0.6) is 0 Å². The number of aryl methyl sites for hydroxylation is 1. The van der Waals surface area contributed by atoms with Crippen molar-refractivity contribution in [3.63, 3.8) is 0 Å². The van der Waals surface area contributed by atoms with Gasteiger partial charge in [0.1, 0.15) is 5.65 Å². The molecule has 6 nitrogen and oxygen atoms in total. The predicted octanol–water partition coefficient (Wildman–Crippen LogP) is 3.12. The maximum absolute atomic E-state index is 4.90. The highest BCUT2D eigenvalue weighted by Crippen LogP contribution is 2.41. The van der Waals surface area contributed by atoms with Crippen LogP contribution in [0.25, 0.3) is 33.4 Å². The summed E-state index contributed by atoms with van der Waals surface area (Å²) in [5.74, 6) is 0. The number of nitrogens with one attached hydrogen (secondary N) is 2. The third-order valence-corrected chi connectivity index (χ3v) is 6.17. The van der Waals surface area contributed by atoms with Crippen molar-refractivity contribution in [1.82, 2.24) is 30.0 Å². The van der Waals surface area contributed by atoms with Gasteiger partial charge in [-0.15, -0.1) is 0 Å². The van der Waals surface area contributed by atoms with Crippen LogP contribution < -0.4 is 5.32 Å². The third kappa shape index (κ3) is 2.20. The van der Waals surface area contributed by atoms with Gasteiger partial charge in [0, 0.05) is 71.1 Å². The second-order valence-electron chi connectivity index (χ2n) is 7.66. The minimum atomic E-state index is 0.276. The first-order valence-electron chi connectivity index (χ1n) is 9.49. The molecular formula is C21H20N6. The second-order valence-corrected chi connectivity index (χ2v) is 7.66. The van der Waals surface area contributed by atoms with Crippen LogP contribution in [0.1, 0.15) is 18.5 Å². The fourth-order valence-corrected chi connectivity index (χ4v) is 4.68. The second kappa shape index (κ2) is 5.50. The molecule has 1 saturated heterocycles. The van der Waals surface area contributed by atoms with Gasteiger partial charge >= 0.3 is 0 Å². The lowest BCUT2D eigenvalue weighted by Crippen LogP contribution is -2.25. The van der Waals surface area contributed by atoms with Crippen molar-refractivity contribution >= 4 is 11.0 Å². The normalized spacial score (nSPS) is 21.3. The van der Waals surface area contributed by atoms with Gasteiger partial charge in [-0.2, -0.15) is 5.10 Å². The first-order chi connectivity index (χ1) is 13.3. The molecule has 1 fully saturated rings. The molecule has 1 unspecified atom stereocenters. The predicted molar refractivity (Wildman–Crippen MR) is 104 cm³/mol. The summed E-state index contributed by atoms with van der Waals surface area (Å²) in [5, 5.41) is 9.53. The maximum atomic E-state index is 4.90. The first-order valence-corrected chi connectivity index (χ1v) is 9.49. The van der Waals surface area contributed by atoms with Crippen LogP contribution >= 0.6 is 0 Å². The fourth-order valence-electron chi connectivity index (χ4n) is 4.68. The van der Waals surface area contributed by atoms with Crippen molar-refractivity contribution in [1.29, 1.82) is 0 Å². The Morgan fingerprint density at radius 2 is 2.11 bits per heavy atom. The quantitative estimate of drug-likeness (QED) is 0.579. The molecule has 2 aliphatic rings. The van der Waals surface area contributed by atoms with Gasteiger partial charge in [0.25, 0.3) is 0 Å². The lowest BCUT2D eigenvalue weighted by Gasteiger charge is -2.20. The minimum absolute atomic E-state index is 0.276. The number of pyridine rings is 2. The topological polar surface area (TPSA) is 71.4 Å². The first kappa shape index (κ1) is 15.1. The number of fused-ring (bicyclic) bond motifs is 3. The van der Waals surface area contributed by atoms with E-state index in [1.165, 1.54) is 18.5 Å². The van der Waals surface area contributed by atoms with Crippen LogP contribution in [0.15, 0.2) is 49.1 Å². The zero-order valence-electron chi connectivity index (χ0n) is 14.9. The van der Waals surface area contributed by atoms with Gasteiger partial charge in [0.15, 0.2) is 0 Å². The molecule has 6 rings (SSSR count). The SMILES string of the molecule is c1cncc(-c2c[nH]c3ncc(-c4cc5n(n4)CCC54CCNC4)cc23)c1. The van der Waals surface area contributed by atoms with Gasteiger partial charge in [0.2, 0.25) is 0 Å². The van der Waals surface area contributed by atoms with Crippen LogP contribution in [0.3, 0.4) is 0 Å². The average molecular weight is 356 g/mol. The fraction of sp³-hybridized carbons (Fsp3) is 0.286. The van der Waals surface area contributed by atoms with E-state index in [9.17, 15) is 0 Å². The molecule has 2 N–H and O–H groups in total. The van der Waals surface area contributed by atoms with E-state index in [2.05, 4.69) is 43.1 Å². The van der Waals surface area contributed by atoms with Gasteiger partial charge in [-0.1, -0.05) is 6.07 Å². The number of hydrogen-bond donors (Lipinski definition) is 2. The molecule has 0 amide bonds. The van der Waals surface area contributed by atoms with Crippen LogP contribution in [0.4, 0.5) is 0 Å². The Morgan fingerprint density at radius 1 is 1.11 bits per heavy atom. The van der Waals surface area contributed by atoms with E-state index in [1.54, 1.807) is 6.20 Å². The van der Waals surface area contributed by atoms with Gasteiger partial charge in [-0.3, -0.25) is 9.67 Å². The van der Waals surface area contributed by atoms with Crippen LogP contribution in [0.2, 0.25) is 0 Å². The molecule has 27 heavy (non-hydrogen) atoms. The van der Waals surface area contributed by atoms with E-state index in [4.69, 9.17) is 5.10 Å². The summed E-state index contributed by atoms with van der Waals surface area (Å²) in [5.41, 5.74) is 6.84. The van der Waals surface area contributed by atoms with Gasteiger partial charge in [0.05, 0.1) is 5.69 Å². The largest absolute Gasteiger partial charge is 0.346 e. The van der Waals surface area contributed by atoms with Crippen molar-refractivity contribution in [2.45, 2.75) is 24.8 Å². The minimum Gasteiger partial charge on any atom is -0.346 e. The Balaban J connectivity index is 1.46. The molecule has 0 saturated carbocycles. The maximum Gasteiger partial charge on any atom is 0.137 e. The number of nitrogens with zero attached hydrogens (tertiary/aromatic N) is 4. The van der Waals surface area contributed by atoms with Crippen molar-refractivity contribution in [3.05, 3.63) is 54.7 Å². The number of aromatic nitrogens is 5. The molecule has 6 heterocycles. The summed E-state index contributed by atoms with van der Waals surface area (Å²) in [6.07, 6.45) is 10.0. The Hall–Kier alpha value is -2.99. The summed E-state index contributed by atoms with van der Waals surface area (Å²) in [6.45, 7) is 3.18. The summed E-state index contributed by atoms with van der Waals surface area (Å²) < 4.78 is 2.20. The van der Waals surface area contributed by atoms with E-state index in [0.717, 1.165) is 53.1 Å². The van der Waals surface area contributed by atoms with E-state index in [-0.39, 0.29) is 5.41 Å². The molecule has 0 aliphatic carbocycles. The number of aromatic amines is 1. The van der Waals surface area contributed by atoms with Crippen molar-refractivity contribution < 1.29 is 0 Å². The van der Waals surface area contributed by atoms with E-state index < -0.39 is 0 Å². The molecule has 1 spiro atoms. The van der Waals surface area contributed by atoms with Crippen molar-refractivity contribution in [3.8, 4) is 22.4 Å². The summed E-state index contributed by atoms with van der Waals surface area (Å²) in [7, 11) is 0. The standard InChI is InChI=1S/C21H20N6/c1-2-14(10-22-5-1)17-12-25-20-16(17)8-15(11-24-20)18-9-19-21(3-6-23-13-21)4-7-27(19)26-18/h1-2,5,8-12,23H,3-4,6-7,13H2,(H,24,25). The number of H-pyrrole nitrogens is 1. The highest BCUT2D eigenvalue weighted by molar-refractivity contribution is 5.95. The van der Waals surface area contributed by atoms with Gasteiger partial charge < -0.3 is 10.3 Å². The smallest absolute Gasteiger partial charge is 0.137 e. The zero-order valence-corrected chi connectivity index (χ0v) is 14.9. The lowest BCUT2D eigenvalue weighted by molar-refractivity contribution is 0.467. The Labute approximate surface area is 156 Å². The van der Waals surface area contributed by atoms with E-state index in [1.807, 2.05) is 24.7 Å². The van der Waals surface area contributed by atoms with Gasteiger partial charge in [-0.05, 0) is 37.6 Å². The average Bonchev–Trinajstić information content (AvgIpc) is 3.48. The van der Waals surface area contributed by atoms with Crippen LogP contribution in [-0.4, -0.2) is 37.8 Å².